The zero-order valence-electron chi connectivity index (χ0n) is 16.4. The summed E-state index contributed by atoms with van der Waals surface area (Å²) in [4.78, 5) is 4.69. The van der Waals surface area contributed by atoms with Gasteiger partial charge in [-0.1, -0.05) is 24.3 Å². The van der Waals surface area contributed by atoms with Crippen molar-refractivity contribution < 1.29 is 19.0 Å². The number of halogens is 1. The number of aliphatic hydroxyl groups excluding tert-OH is 1. The minimum atomic E-state index is -0.646. The smallest absolute Gasteiger partial charge is 0.165 e. The number of aliphatic hydroxyl groups is 1. The average molecular weight is 388 g/mol. The molecule has 0 spiro atoms. The molecule has 2 aromatic carbocycles. The van der Waals surface area contributed by atoms with Crippen molar-refractivity contribution in [2.75, 3.05) is 46.4 Å². The zero-order chi connectivity index (χ0) is 19.8. The molecule has 1 saturated heterocycles. The third kappa shape index (κ3) is 6.19. The molecule has 0 saturated carbocycles. The molecule has 5 nitrogen and oxygen atoms in total. The van der Waals surface area contributed by atoms with Gasteiger partial charge in [0, 0.05) is 26.2 Å². The Morgan fingerprint density at radius 3 is 2.46 bits per heavy atom. The molecule has 1 N–H and O–H groups in total. The Hall–Kier alpha value is -2.15. The summed E-state index contributed by atoms with van der Waals surface area (Å²) >= 11 is 0. The Kier molecular flexibility index (Phi) is 7.65. The van der Waals surface area contributed by atoms with E-state index in [2.05, 4.69) is 21.9 Å². The normalized spacial score (nSPS) is 17.1. The molecule has 0 aromatic heterocycles. The topological polar surface area (TPSA) is 45.2 Å². The minimum Gasteiger partial charge on any atom is -0.497 e. The van der Waals surface area contributed by atoms with Crippen LogP contribution in [-0.2, 0) is 6.54 Å². The molecule has 2 aromatic rings. The Balaban J connectivity index is 1.42. The van der Waals surface area contributed by atoms with Crippen molar-refractivity contribution in [3.05, 3.63) is 59.9 Å². The van der Waals surface area contributed by atoms with Gasteiger partial charge >= 0.3 is 0 Å². The molecule has 1 aliphatic rings. The van der Waals surface area contributed by atoms with Gasteiger partial charge in [0.2, 0.25) is 0 Å². The first-order chi connectivity index (χ1) is 13.6. The van der Waals surface area contributed by atoms with Gasteiger partial charge in [0.1, 0.15) is 18.5 Å². The van der Waals surface area contributed by atoms with Crippen molar-refractivity contribution in [3.8, 4) is 11.5 Å². The molecule has 0 radical (unpaired) electrons. The van der Waals surface area contributed by atoms with Crippen LogP contribution in [0.15, 0.2) is 48.5 Å². The fourth-order valence-corrected chi connectivity index (χ4v) is 3.45. The van der Waals surface area contributed by atoms with Gasteiger partial charge in [0.15, 0.2) is 11.6 Å². The minimum absolute atomic E-state index is 0.0903. The van der Waals surface area contributed by atoms with E-state index in [0.717, 1.165) is 44.9 Å². The second-order valence-corrected chi connectivity index (χ2v) is 7.17. The lowest BCUT2D eigenvalue weighted by Crippen LogP contribution is -2.38. The predicted molar refractivity (Wildman–Crippen MR) is 107 cm³/mol. The van der Waals surface area contributed by atoms with Crippen molar-refractivity contribution in [2.24, 2.45) is 0 Å². The van der Waals surface area contributed by atoms with E-state index in [1.807, 2.05) is 12.1 Å². The third-order valence-electron chi connectivity index (χ3n) is 4.98. The number of rotatable bonds is 8. The fraction of sp³-hybridized carbons (Fsp3) is 0.455. The Morgan fingerprint density at radius 2 is 1.71 bits per heavy atom. The van der Waals surface area contributed by atoms with Crippen molar-refractivity contribution in [2.45, 2.75) is 19.1 Å². The van der Waals surface area contributed by atoms with Gasteiger partial charge in [-0.3, -0.25) is 9.80 Å². The lowest BCUT2D eigenvalue weighted by atomic mass is 10.2. The Labute approximate surface area is 166 Å². The number of benzene rings is 2. The summed E-state index contributed by atoms with van der Waals surface area (Å²) in [5.41, 5.74) is 1.27. The molecule has 152 valence electrons. The van der Waals surface area contributed by atoms with Crippen LogP contribution in [0.4, 0.5) is 4.39 Å². The standard InChI is InChI=1S/C22H29FN2O3/c1-27-20-9-7-18(8-10-20)15-24-11-4-12-25(14-13-24)16-19(26)17-28-22-6-3-2-5-21(22)23/h2-3,5-10,19,26H,4,11-17H2,1H3. The van der Waals surface area contributed by atoms with E-state index in [1.165, 1.54) is 11.6 Å². The zero-order valence-corrected chi connectivity index (χ0v) is 16.4. The lowest BCUT2D eigenvalue weighted by Gasteiger charge is -2.24. The van der Waals surface area contributed by atoms with Crippen molar-refractivity contribution >= 4 is 0 Å². The van der Waals surface area contributed by atoms with E-state index in [-0.39, 0.29) is 12.4 Å². The third-order valence-corrected chi connectivity index (χ3v) is 4.98. The maximum atomic E-state index is 13.6. The Bertz CT molecular complexity index is 726. The molecule has 1 heterocycles. The van der Waals surface area contributed by atoms with Crippen molar-refractivity contribution in [1.29, 1.82) is 0 Å². The van der Waals surface area contributed by atoms with E-state index in [0.29, 0.717) is 6.54 Å². The quantitative estimate of drug-likeness (QED) is 0.754. The van der Waals surface area contributed by atoms with Crippen LogP contribution in [0, 0.1) is 5.82 Å². The van der Waals surface area contributed by atoms with E-state index >= 15 is 0 Å². The van der Waals surface area contributed by atoms with Crippen LogP contribution in [0.3, 0.4) is 0 Å². The monoisotopic (exact) mass is 388 g/mol. The molecular weight excluding hydrogens is 359 g/mol. The lowest BCUT2D eigenvalue weighted by molar-refractivity contribution is 0.0678. The average Bonchev–Trinajstić information content (AvgIpc) is 2.93. The van der Waals surface area contributed by atoms with Gasteiger partial charge in [-0.15, -0.1) is 0 Å². The molecule has 3 rings (SSSR count). The van der Waals surface area contributed by atoms with E-state index in [4.69, 9.17) is 9.47 Å². The molecule has 0 amide bonds. The maximum Gasteiger partial charge on any atom is 0.165 e. The van der Waals surface area contributed by atoms with Gasteiger partial charge in [0.05, 0.1) is 7.11 Å². The van der Waals surface area contributed by atoms with Crippen LogP contribution < -0.4 is 9.47 Å². The van der Waals surface area contributed by atoms with Gasteiger partial charge in [0.25, 0.3) is 0 Å². The number of hydrogen-bond acceptors (Lipinski definition) is 5. The van der Waals surface area contributed by atoms with Crippen LogP contribution >= 0.6 is 0 Å². The van der Waals surface area contributed by atoms with E-state index in [1.54, 1.807) is 25.3 Å². The number of methoxy groups -OCH3 is 1. The maximum absolute atomic E-state index is 13.6. The molecular formula is C22H29FN2O3. The molecule has 0 aliphatic carbocycles. The van der Waals surface area contributed by atoms with Gasteiger partial charge < -0.3 is 14.6 Å². The number of para-hydroxylation sites is 1. The van der Waals surface area contributed by atoms with Crippen molar-refractivity contribution in [3.63, 3.8) is 0 Å². The fourth-order valence-electron chi connectivity index (χ4n) is 3.45. The highest BCUT2D eigenvalue weighted by atomic mass is 19.1. The summed E-state index contributed by atoms with van der Waals surface area (Å²) in [7, 11) is 1.67. The first-order valence-electron chi connectivity index (χ1n) is 9.77. The number of nitrogens with zero attached hydrogens (tertiary/aromatic N) is 2. The second kappa shape index (κ2) is 10.4. The molecule has 1 unspecified atom stereocenters. The SMILES string of the molecule is COc1ccc(CN2CCCN(CC(O)COc3ccccc3F)CC2)cc1. The van der Waals surface area contributed by atoms with Gasteiger partial charge in [-0.2, -0.15) is 0 Å². The summed E-state index contributed by atoms with van der Waals surface area (Å²) in [5, 5.41) is 10.3. The van der Waals surface area contributed by atoms with Crippen LogP contribution in [-0.4, -0.2) is 67.5 Å². The van der Waals surface area contributed by atoms with Crippen LogP contribution in [0.5, 0.6) is 11.5 Å². The highest BCUT2D eigenvalue weighted by Gasteiger charge is 2.18. The van der Waals surface area contributed by atoms with Gasteiger partial charge in [-0.05, 0) is 49.3 Å². The molecule has 28 heavy (non-hydrogen) atoms. The summed E-state index contributed by atoms with van der Waals surface area (Å²) in [6.07, 6.45) is 0.407. The van der Waals surface area contributed by atoms with Crippen LogP contribution in [0.25, 0.3) is 0 Å². The highest BCUT2D eigenvalue weighted by Crippen LogP contribution is 2.16. The summed E-state index contributed by atoms with van der Waals surface area (Å²) in [6.45, 7) is 5.36. The number of β-amino-alcohol motifs (C(OH)–C–C–N with tert-alkyl or cyclic N) is 1. The molecule has 0 bridgehead atoms. The Morgan fingerprint density at radius 1 is 1.00 bits per heavy atom. The predicted octanol–water partition coefficient (Wildman–Crippen LogP) is 2.78. The van der Waals surface area contributed by atoms with E-state index < -0.39 is 11.9 Å². The number of ether oxygens (including phenoxy) is 2. The van der Waals surface area contributed by atoms with Crippen LogP contribution in [0.1, 0.15) is 12.0 Å². The highest BCUT2D eigenvalue weighted by molar-refractivity contribution is 5.27. The van der Waals surface area contributed by atoms with Crippen LogP contribution in [0.2, 0.25) is 0 Å². The van der Waals surface area contributed by atoms with Crippen molar-refractivity contribution in [1.82, 2.24) is 9.80 Å². The molecule has 6 heteroatoms. The summed E-state index contributed by atoms with van der Waals surface area (Å²) in [6, 6.07) is 14.5. The van der Waals surface area contributed by atoms with Gasteiger partial charge in [-0.25, -0.2) is 4.39 Å². The number of hydrogen-bond donors (Lipinski definition) is 1. The first-order valence-corrected chi connectivity index (χ1v) is 9.77. The molecule has 1 atom stereocenters. The second-order valence-electron chi connectivity index (χ2n) is 7.17. The molecule has 1 aliphatic heterocycles. The largest absolute Gasteiger partial charge is 0.497 e. The summed E-state index contributed by atoms with van der Waals surface area (Å²) in [5.74, 6) is 0.652. The first kappa shape index (κ1) is 20.6. The van der Waals surface area contributed by atoms with E-state index in [9.17, 15) is 9.50 Å². The summed E-state index contributed by atoms with van der Waals surface area (Å²) < 4.78 is 24.2. The molecule has 1 fully saturated rings.